The van der Waals surface area contributed by atoms with E-state index in [2.05, 4.69) is 0 Å². The summed E-state index contributed by atoms with van der Waals surface area (Å²) >= 11 is 0. The van der Waals surface area contributed by atoms with Gasteiger partial charge in [-0.1, -0.05) is 60.7 Å². The zero-order valence-corrected chi connectivity index (χ0v) is 12.7. The summed E-state index contributed by atoms with van der Waals surface area (Å²) in [5.41, 5.74) is 2.07. The molecule has 0 saturated heterocycles. The SMILES string of the molecule is CC(O)C(O)C(O)N(Cc1ccccc1)Cc1ccccc1. The minimum absolute atomic E-state index is 0.487. The molecule has 0 fully saturated rings. The van der Waals surface area contributed by atoms with Crippen LogP contribution >= 0.6 is 0 Å². The maximum absolute atomic E-state index is 10.4. The van der Waals surface area contributed by atoms with Crippen LogP contribution in [0, 0.1) is 0 Å². The van der Waals surface area contributed by atoms with Gasteiger partial charge in [-0.2, -0.15) is 0 Å². The Morgan fingerprint density at radius 2 is 1.18 bits per heavy atom. The fourth-order valence-corrected chi connectivity index (χ4v) is 2.34. The number of aliphatic hydroxyl groups is 3. The van der Waals surface area contributed by atoms with Gasteiger partial charge in [-0.15, -0.1) is 0 Å². The number of rotatable bonds is 7. The Labute approximate surface area is 131 Å². The summed E-state index contributed by atoms with van der Waals surface area (Å²) in [5.74, 6) is 0. The molecule has 2 aromatic rings. The molecule has 3 atom stereocenters. The number of aliphatic hydroxyl groups excluding tert-OH is 3. The lowest BCUT2D eigenvalue weighted by Crippen LogP contribution is -2.47. The molecule has 3 N–H and O–H groups in total. The summed E-state index contributed by atoms with van der Waals surface area (Å²) in [6.07, 6.45) is -3.35. The molecule has 0 aromatic heterocycles. The van der Waals surface area contributed by atoms with Crippen LogP contribution in [0.1, 0.15) is 18.1 Å². The highest BCUT2D eigenvalue weighted by atomic mass is 16.4. The van der Waals surface area contributed by atoms with Gasteiger partial charge in [0, 0.05) is 13.1 Å². The standard InChI is InChI=1S/C18H23NO3/c1-14(20)17(21)18(22)19(12-15-8-4-2-5-9-15)13-16-10-6-3-7-11-16/h2-11,14,17-18,20-22H,12-13H2,1H3. The Kier molecular flexibility index (Phi) is 6.10. The molecule has 2 rings (SSSR count). The van der Waals surface area contributed by atoms with Gasteiger partial charge in [-0.05, 0) is 18.1 Å². The lowest BCUT2D eigenvalue weighted by molar-refractivity contribution is -0.128. The molecule has 118 valence electrons. The third-order valence-electron chi connectivity index (χ3n) is 3.63. The Hall–Kier alpha value is -1.72. The molecular weight excluding hydrogens is 278 g/mol. The van der Waals surface area contributed by atoms with Crippen LogP contribution in [0.15, 0.2) is 60.7 Å². The maximum Gasteiger partial charge on any atom is 0.136 e. The molecule has 0 amide bonds. The topological polar surface area (TPSA) is 63.9 Å². The molecule has 0 aliphatic rings. The molecule has 4 nitrogen and oxygen atoms in total. The number of hydrogen-bond acceptors (Lipinski definition) is 4. The number of nitrogens with zero attached hydrogens (tertiary/aromatic N) is 1. The van der Waals surface area contributed by atoms with Gasteiger partial charge in [-0.25, -0.2) is 0 Å². The van der Waals surface area contributed by atoms with Crippen LogP contribution in [0.2, 0.25) is 0 Å². The lowest BCUT2D eigenvalue weighted by Gasteiger charge is -2.32. The third-order valence-corrected chi connectivity index (χ3v) is 3.63. The van der Waals surface area contributed by atoms with E-state index < -0.39 is 18.4 Å². The van der Waals surface area contributed by atoms with Gasteiger partial charge < -0.3 is 15.3 Å². The van der Waals surface area contributed by atoms with Crippen molar-refractivity contribution in [3.05, 3.63) is 71.8 Å². The Morgan fingerprint density at radius 3 is 1.55 bits per heavy atom. The second kappa shape index (κ2) is 8.06. The van der Waals surface area contributed by atoms with Crippen LogP contribution in [0.3, 0.4) is 0 Å². The van der Waals surface area contributed by atoms with Crippen molar-refractivity contribution < 1.29 is 15.3 Å². The largest absolute Gasteiger partial charge is 0.391 e. The van der Waals surface area contributed by atoms with E-state index in [1.54, 1.807) is 4.90 Å². The average Bonchev–Trinajstić information content (AvgIpc) is 2.54. The number of benzene rings is 2. The summed E-state index contributed by atoms with van der Waals surface area (Å²) in [6, 6.07) is 19.5. The van der Waals surface area contributed by atoms with E-state index in [-0.39, 0.29) is 0 Å². The minimum Gasteiger partial charge on any atom is -0.391 e. The van der Waals surface area contributed by atoms with Crippen LogP contribution in [0.4, 0.5) is 0 Å². The van der Waals surface area contributed by atoms with Gasteiger partial charge in [0.05, 0.1) is 6.10 Å². The molecule has 3 unspecified atom stereocenters. The fourth-order valence-electron chi connectivity index (χ4n) is 2.34. The van der Waals surface area contributed by atoms with E-state index in [1.165, 1.54) is 6.92 Å². The van der Waals surface area contributed by atoms with Crippen molar-refractivity contribution in [2.75, 3.05) is 0 Å². The van der Waals surface area contributed by atoms with Crippen molar-refractivity contribution >= 4 is 0 Å². The van der Waals surface area contributed by atoms with E-state index in [9.17, 15) is 15.3 Å². The van der Waals surface area contributed by atoms with Crippen LogP contribution in [0.5, 0.6) is 0 Å². The maximum atomic E-state index is 10.4. The van der Waals surface area contributed by atoms with E-state index in [0.29, 0.717) is 13.1 Å². The minimum atomic E-state index is -1.22. The van der Waals surface area contributed by atoms with E-state index in [1.807, 2.05) is 60.7 Å². The summed E-state index contributed by atoms with van der Waals surface area (Å²) in [5, 5.41) is 29.9. The molecule has 0 aliphatic carbocycles. The van der Waals surface area contributed by atoms with Gasteiger partial charge >= 0.3 is 0 Å². The van der Waals surface area contributed by atoms with Gasteiger partial charge in [0.2, 0.25) is 0 Å². The number of hydrogen-bond donors (Lipinski definition) is 3. The molecule has 4 heteroatoms. The van der Waals surface area contributed by atoms with Crippen LogP contribution in [0.25, 0.3) is 0 Å². The lowest BCUT2D eigenvalue weighted by atomic mass is 10.1. The smallest absolute Gasteiger partial charge is 0.136 e. The van der Waals surface area contributed by atoms with Crippen molar-refractivity contribution in [3.63, 3.8) is 0 Å². The fraction of sp³-hybridized carbons (Fsp3) is 0.333. The van der Waals surface area contributed by atoms with E-state index in [0.717, 1.165) is 11.1 Å². The molecule has 0 spiro atoms. The van der Waals surface area contributed by atoms with E-state index in [4.69, 9.17) is 0 Å². The van der Waals surface area contributed by atoms with Crippen molar-refractivity contribution in [2.45, 2.75) is 38.4 Å². The van der Waals surface area contributed by atoms with Crippen molar-refractivity contribution in [1.82, 2.24) is 4.90 Å². The predicted molar refractivity (Wildman–Crippen MR) is 85.8 cm³/mol. The summed E-state index contributed by atoms with van der Waals surface area (Å²) in [7, 11) is 0. The predicted octanol–water partition coefficient (Wildman–Crippen LogP) is 1.75. The Morgan fingerprint density at radius 1 is 0.773 bits per heavy atom. The molecule has 0 bridgehead atoms. The second-order valence-corrected chi connectivity index (χ2v) is 5.52. The quantitative estimate of drug-likeness (QED) is 0.682. The van der Waals surface area contributed by atoms with Gasteiger partial charge in [0.1, 0.15) is 12.3 Å². The first-order chi connectivity index (χ1) is 10.6. The summed E-state index contributed by atoms with van der Waals surface area (Å²) in [4.78, 5) is 1.75. The zero-order chi connectivity index (χ0) is 15.9. The highest BCUT2D eigenvalue weighted by Gasteiger charge is 2.27. The van der Waals surface area contributed by atoms with Crippen LogP contribution < -0.4 is 0 Å². The van der Waals surface area contributed by atoms with Crippen molar-refractivity contribution in [2.24, 2.45) is 0 Å². The first kappa shape index (κ1) is 16.6. The molecule has 0 radical (unpaired) electrons. The highest BCUT2D eigenvalue weighted by Crippen LogP contribution is 2.15. The van der Waals surface area contributed by atoms with Crippen molar-refractivity contribution in [3.8, 4) is 0 Å². The highest BCUT2D eigenvalue weighted by molar-refractivity contribution is 5.17. The molecule has 0 aliphatic heterocycles. The normalized spacial score (nSPS) is 15.5. The first-order valence-electron chi connectivity index (χ1n) is 7.44. The Bertz CT molecular complexity index is 503. The first-order valence-corrected chi connectivity index (χ1v) is 7.44. The Balaban J connectivity index is 2.16. The second-order valence-electron chi connectivity index (χ2n) is 5.52. The van der Waals surface area contributed by atoms with Gasteiger partial charge in [0.15, 0.2) is 0 Å². The van der Waals surface area contributed by atoms with Crippen molar-refractivity contribution in [1.29, 1.82) is 0 Å². The van der Waals surface area contributed by atoms with E-state index >= 15 is 0 Å². The summed E-state index contributed by atoms with van der Waals surface area (Å²) in [6.45, 7) is 2.44. The van der Waals surface area contributed by atoms with Crippen LogP contribution in [-0.4, -0.2) is 38.7 Å². The molecule has 2 aromatic carbocycles. The third kappa shape index (κ3) is 4.64. The van der Waals surface area contributed by atoms with Crippen LogP contribution in [-0.2, 0) is 13.1 Å². The monoisotopic (exact) mass is 301 g/mol. The molecule has 22 heavy (non-hydrogen) atoms. The molecular formula is C18H23NO3. The van der Waals surface area contributed by atoms with Gasteiger partial charge in [-0.3, -0.25) is 4.90 Å². The molecule has 0 saturated carbocycles. The molecule has 0 heterocycles. The zero-order valence-electron chi connectivity index (χ0n) is 12.7. The van der Waals surface area contributed by atoms with Gasteiger partial charge in [0.25, 0.3) is 0 Å². The average molecular weight is 301 g/mol. The summed E-state index contributed by atoms with van der Waals surface area (Å²) < 4.78 is 0.